The number of rotatable bonds is 6. The molecule has 10 heteroatoms. The van der Waals surface area contributed by atoms with Gasteiger partial charge in [-0.05, 0) is 48.4 Å². The number of imidazole rings is 1. The van der Waals surface area contributed by atoms with Crippen molar-refractivity contribution in [3.8, 4) is 11.4 Å². The van der Waals surface area contributed by atoms with Crippen LogP contribution in [0.3, 0.4) is 0 Å². The van der Waals surface area contributed by atoms with E-state index in [1.165, 1.54) is 25.3 Å². The van der Waals surface area contributed by atoms with Crippen molar-refractivity contribution in [1.82, 2.24) is 9.55 Å². The highest BCUT2D eigenvalue weighted by atomic mass is 32.2. The molecule has 6 nitrogen and oxygen atoms in total. The van der Waals surface area contributed by atoms with Crippen molar-refractivity contribution in [2.45, 2.75) is 19.5 Å². The smallest absolute Gasteiger partial charge is 0.416 e. The van der Waals surface area contributed by atoms with E-state index in [4.69, 9.17) is 4.74 Å². The molecule has 2 aromatic carbocycles. The molecule has 0 atom stereocenters. The summed E-state index contributed by atoms with van der Waals surface area (Å²) in [5.41, 5.74) is 1.73. The molecule has 0 unspecified atom stereocenters. The number of anilines is 1. The molecule has 1 N–H and O–H groups in total. The highest BCUT2D eigenvalue weighted by Crippen LogP contribution is 2.34. The largest absolute Gasteiger partial charge is 0.494 e. The Hall–Kier alpha value is -3.79. The maximum Gasteiger partial charge on any atom is 0.416 e. The Morgan fingerprint density at radius 2 is 1.86 bits per heavy atom. The summed E-state index contributed by atoms with van der Waals surface area (Å²) in [6.07, 6.45) is 5.05. The summed E-state index contributed by atoms with van der Waals surface area (Å²) in [7, 11) is -2.54. The van der Waals surface area contributed by atoms with E-state index in [2.05, 4.69) is 9.71 Å². The zero-order chi connectivity index (χ0) is 25.2. The lowest BCUT2D eigenvalue weighted by Crippen LogP contribution is -2.15. The highest BCUT2D eigenvalue weighted by molar-refractivity contribution is 7.96. The summed E-state index contributed by atoms with van der Waals surface area (Å²) in [5, 5.41) is 0. The van der Waals surface area contributed by atoms with Crippen LogP contribution < -0.4 is 9.46 Å². The van der Waals surface area contributed by atoms with Crippen LogP contribution in [-0.2, 0) is 16.2 Å². The zero-order valence-electron chi connectivity index (χ0n) is 18.9. The van der Waals surface area contributed by atoms with Crippen LogP contribution in [0.4, 0.5) is 18.9 Å². The molecule has 4 rings (SSSR count). The number of methoxy groups -OCH3 is 1. The quantitative estimate of drug-likeness (QED) is 0.458. The summed E-state index contributed by atoms with van der Waals surface area (Å²) in [5.74, 6) is 0.432. The maximum absolute atomic E-state index is 13.2. The second kappa shape index (κ2) is 9.46. The summed E-state index contributed by atoms with van der Waals surface area (Å²) in [6.45, 7) is 1.85. The minimum atomic E-state index is -4.50. The number of sulfonamides is 1. The topological polar surface area (TPSA) is 73.2 Å². The predicted octanol–water partition coefficient (Wildman–Crippen LogP) is 5.88. The molecule has 182 valence electrons. The molecule has 35 heavy (non-hydrogen) atoms. The number of aryl methyl sites for hydroxylation is 1. The summed E-state index contributed by atoms with van der Waals surface area (Å²) in [6, 6.07) is 9.68. The van der Waals surface area contributed by atoms with Crippen molar-refractivity contribution >= 4 is 21.3 Å². The van der Waals surface area contributed by atoms with Crippen molar-refractivity contribution in [3.05, 3.63) is 101 Å². The van der Waals surface area contributed by atoms with Gasteiger partial charge in [0.15, 0.2) is 0 Å². The lowest BCUT2D eigenvalue weighted by atomic mass is 10.00. The number of hydrogen-bond acceptors (Lipinski definition) is 4. The van der Waals surface area contributed by atoms with Crippen molar-refractivity contribution in [1.29, 1.82) is 0 Å². The fourth-order valence-electron chi connectivity index (χ4n) is 3.65. The first-order valence-corrected chi connectivity index (χ1v) is 12.0. The van der Waals surface area contributed by atoms with Crippen LogP contribution in [0.2, 0.25) is 0 Å². The molecule has 0 aliphatic heterocycles. The van der Waals surface area contributed by atoms with E-state index in [0.29, 0.717) is 22.6 Å². The lowest BCUT2D eigenvalue weighted by molar-refractivity contribution is -0.137. The molecule has 0 amide bonds. The molecule has 1 aliphatic rings. The third-order valence-corrected chi connectivity index (χ3v) is 6.86. The molecule has 0 spiro atoms. The number of ether oxygens (including phenoxy) is 1. The Kier molecular flexibility index (Phi) is 6.58. The van der Waals surface area contributed by atoms with Crippen molar-refractivity contribution < 1.29 is 26.3 Å². The van der Waals surface area contributed by atoms with Crippen molar-refractivity contribution in [2.75, 3.05) is 11.8 Å². The Morgan fingerprint density at radius 3 is 2.54 bits per heavy atom. The van der Waals surface area contributed by atoms with Gasteiger partial charge in [-0.2, -0.15) is 13.2 Å². The molecule has 0 radical (unpaired) electrons. The molecule has 0 bridgehead atoms. The van der Waals surface area contributed by atoms with Gasteiger partial charge in [0.2, 0.25) is 0 Å². The van der Waals surface area contributed by atoms with Crippen LogP contribution in [0.15, 0.2) is 84.2 Å². The minimum absolute atomic E-state index is 0.0168. The molecular formula is C25H22F3N3O3S. The first-order chi connectivity index (χ1) is 16.6. The third kappa shape index (κ3) is 5.48. The molecule has 3 aromatic rings. The third-order valence-electron chi connectivity index (χ3n) is 5.38. The zero-order valence-corrected chi connectivity index (χ0v) is 19.7. The minimum Gasteiger partial charge on any atom is -0.494 e. The summed E-state index contributed by atoms with van der Waals surface area (Å²) >= 11 is 0. The normalized spacial score (nSPS) is 14.2. The van der Waals surface area contributed by atoms with Crippen LogP contribution >= 0.6 is 0 Å². The number of nitrogens with zero attached hydrogens (tertiary/aromatic N) is 2. The van der Waals surface area contributed by atoms with Gasteiger partial charge in [-0.25, -0.2) is 13.4 Å². The Bertz CT molecular complexity index is 1450. The van der Waals surface area contributed by atoms with Crippen LogP contribution in [-0.4, -0.2) is 25.1 Å². The fourth-order valence-corrected chi connectivity index (χ4v) is 4.82. The maximum atomic E-state index is 13.2. The average molecular weight is 502 g/mol. The number of nitrogens with one attached hydrogen (secondary N) is 1. The number of allylic oxidation sites excluding steroid dienone is 6. The van der Waals surface area contributed by atoms with E-state index >= 15 is 0 Å². The average Bonchev–Trinajstić information content (AvgIpc) is 3.08. The molecule has 0 saturated carbocycles. The van der Waals surface area contributed by atoms with E-state index in [9.17, 15) is 21.6 Å². The summed E-state index contributed by atoms with van der Waals surface area (Å²) < 4.78 is 75.6. The molecule has 1 aliphatic carbocycles. The molecule has 1 aromatic heterocycles. The van der Waals surface area contributed by atoms with Crippen LogP contribution in [0.1, 0.15) is 23.2 Å². The van der Waals surface area contributed by atoms with Crippen LogP contribution in [0, 0.1) is 6.92 Å². The number of benzene rings is 2. The number of alkyl halides is 3. The van der Waals surface area contributed by atoms with E-state index < -0.39 is 21.8 Å². The van der Waals surface area contributed by atoms with Gasteiger partial charge in [0.1, 0.15) is 5.75 Å². The first kappa shape index (κ1) is 24.3. The number of halogens is 3. The second-order valence-corrected chi connectivity index (χ2v) is 9.61. The van der Waals surface area contributed by atoms with Crippen molar-refractivity contribution in [3.63, 3.8) is 0 Å². The standard InChI is InChI=1S/C25H22F3N3O3S/c1-17-15-31(16-29-17)23-11-10-21(14-24(23)34-2)30-35(32,33)22-9-4-3-6-19(13-22)18-7-5-8-20(12-18)25(26,27)28/h3-12,14-16,30H,13H2,1-2H3. The molecule has 0 fully saturated rings. The van der Waals surface area contributed by atoms with Gasteiger partial charge in [0.25, 0.3) is 10.0 Å². The van der Waals surface area contributed by atoms with Crippen LogP contribution in [0.5, 0.6) is 5.75 Å². The van der Waals surface area contributed by atoms with Crippen LogP contribution in [0.25, 0.3) is 11.3 Å². The molecular weight excluding hydrogens is 479 g/mol. The Labute approximate surface area is 201 Å². The van der Waals surface area contributed by atoms with Gasteiger partial charge in [-0.3, -0.25) is 4.72 Å². The second-order valence-electron chi connectivity index (χ2n) is 7.88. The van der Waals surface area contributed by atoms with Crippen molar-refractivity contribution in [2.24, 2.45) is 0 Å². The number of aromatic nitrogens is 2. The van der Waals surface area contributed by atoms with Gasteiger partial charge in [0, 0.05) is 18.7 Å². The predicted molar refractivity (Wildman–Crippen MR) is 129 cm³/mol. The number of hydrogen-bond donors (Lipinski definition) is 1. The van der Waals surface area contributed by atoms with E-state index in [0.717, 1.165) is 17.8 Å². The fraction of sp³-hybridized carbons (Fsp3) is 0.160. The van der Waals surface area contributed by atoms with Gasteiger partial charge in [-0.1, -0.05) is 30.4 Å². The highest BCUT2D eigenvalue weighted by Gasteiger charge is 2.31. The van der Waals surface area contributed by atoms with Gasteiger partial charge in [0.05, 0.1) is 41.0 Å². The van der Waals surface area contributed by atoms with Gasteiger partial charge in [-0.15, -0.1) is 0 Å². The lowest BCUT2D eigenvalue weighted by Gasteiger charge is -2.16. The van der Waals surface area contributed by atoms with E-state index in [1.807, 2.05) is 13.1 Å². The van der Waals surface area contributed by atoms with Gasteiger partial charge < -0.3 is 9.30 Å². The summed E-state index contributed by atoms with van der Waals surface area (Å²) in [4.78, 5) is 4.20. The van der Waals surface area contributed by atoms with Gasteiger partial charge >= 0.3 is 6.18 Å². The first-order valence-electron chi connectivity index (χ1n) is 10.5. The molecule has 0 saturated heterocycles. The Morgan fingerprint density at radius 1 is 1.09 bits per heavy atom. The SMILES string of the molecule is COc1cc(NS(=O)(=O)C2=CC=CC=C(c3cccc(C(F)(F)F)c3)C2)ccc1-n1cnc(C)c1. The molecule has 1 heterocycles. The van der Waals surface area contributed by atoms with E-state index in [-0.39, 0.29) is 17.0 Å². The Balaban J connectivity index is 1.59. The monoisotopic (exact) mass is 501 g/mol. The van der Waals surface area contributed by atoms with E-state index in [1.54, 1.807) is 47.3 Å².